The predicted molar refractivity (Wildman–Crippen MR) is 40.8 cm³/mol. The van der Waals surface area contributed by atoms with E-state index in [1.807, 2.05) is 13.8 Å². The summed E-state index contributed by atoms with van der Waals surface area (Å²) in [5.41, 5.74) is -0.266. The maximum Gasteiger partial charge on any atom is 0.293 e. The number of unbranched alkanes of at least 4 members (excludes halogenated alkanes) is 1. The van der Waals surface area contributed by atoms with Gasteiger partial charge in [-0.05, 0) is 26.7 Å². The fourth-order valence-corrected chi connectivity index (χ4v) is 0.792. The molecule has 60 valence electrons. The van der Waals surface area contributed by atoms with Crippen LogP contribution < -0.4 is 0 Å². The fourth-order valence-electron chi connectivity index (χ4n) is 0.792. The van der Waals surface area contributed by atoms with E-state index in [2.05, 4.69) is 6.92 Å². The van der Waals surface area contributed by atoms with E-state index in [0.717, 1.165) is 19.3 Å². The van der Waals surface area contributed by atoms with E-state index in [-0.39, 0.29) is 5.60 Å². The van der Waals surface area contributed by atoms with Crippen LogP contribution in [0.4, 0.5) is 0 Å². The van der Waals surface area contributed by atoms with Crippen LogP contribution in [0.1, 0.15) is 40.0 Å². The Labute approximate surface area is 62.6 Å². The van der Waals surface area contributed by atoms with E-state index in [9.17, 15) is 4.79 Å². The van der Waals surface area contributed by atoms with Gasteiger partial charge in [-0.3, -0.25) is 4.79 Å². The van der Waals surface area contributed by atoms with E-state index >= 15 is 0 Å². The minimum absolute atomic E-state index is 0.266. The van der Waals surface area contributed by atoms with Crippen molar-refractivity contribution in [3.05, 3.63) is 0 Å². The maximum atomic E-state index is 9.96. The highest BCUT2D eigenvalue weighted by Gasteiger charge is 2.16. The molecule has 0 radical (unpaired) electrons. The number of rotatable bonds is 5. The molecule has 0 amide bonds. The number of carbonyl (C=O) groups excluding carboxylic acids is 1. The van der Waals surface area contributed by atoms with Gasteiger partial charge in [0, 0.05) is 0 Å². The monoisotopic (exact) mass is 144 g/mol. The Balaban J connectivity index is 3.51. The molecule has 2 nitrogen and oxygen atoms in total. The van der Waals surface area contributed by atoms with Crippen LogP contribution in [-0.4, -0.2) is 12.1 Å². The third-order valence-corrected chi connectivity index (χ3v) is 1.50. The predicted octanol–water partition coefficient (Wildman–Crippen LogP) is 2.13. The highest BCUT2D eigenvalue weighted by molar-refractivity contribution is 5.38. The Hall–Kier alpha value is -0.530. The Kier molecular flexibility index (Phi) is 4.08. The summed E-state index contributed by atoms with van der Waals surface area (Å²) in [5.74, 6) is 0. The van der Waals surface area contributed by atoms with Crippen molar-refractivity contribution >= 4 is 6.47 Å². The Morgan fingerprint density at radius 2 is 2.10 bits per heavy atom. The first-order valence-corrected chi connectivity index (χ1v) is 3.74. The quantitative estimate of drug-likeness (QED) is 0.552. The molecule has 0 aliphatic rings. The van der Waals surface area contributed by atoms with Crippen LogP contribution in [0.5, 0.6) is 0 Å². The first-order chi connectivity index (χ1) is 4.62. The van der Waals surface area contributed by atoms with Crippen LogP contribution >= 0.6 is 0 Å². The summed E-state index contributed by atoms with van der Waals surface area (Å²) in [7, 11) is 0. The average Bonchev–Trinajstić information content (AvgIpc) is 1.84. The Morgan fingerprint density at radius 3 is 2.50 bits per heavy atom. The lowest BCUT2D eigenvalue weighted by atomic mass is 10.0. The number of hydrogen-bond acceptors (Lipinski definition) is 2. The molecule has 0 N–H and O–H groups in total. The summed E-state index contributed by atoms with van der Waals surface area (Å²) in [6.07, 6.45) is 3.20. The first-order valence-electron chi connectivity index (χ1n) is 3.74. The van der Waals surface area contributed by atoms with Gasteiger partial charge in [0.2, 0.25) is 0 Å². The van der Waals surface area contributed by atoms with Crippen LogP contribution in [-0.2, 0) is 9.53 Å². The lowest BCUT2D eigenvalue weighted by Crippen LogP contribution is -2.23. The van der Waals surface area contributed by atoms with Gasteiger partial charge < -0.3 is 4.74 Å². The van der Waals surface area contributed by atoms with Gasteiger partial charge in [0.15, 0.2) is 0 Å². The Bertz CT molecular complexity index is 97.4. The molecule has 0 saturated carbocycles. The SMILES string of the molecule is CCCCC(C)(C)OC=O. The molecule has 10 heavy (non-hydrogen) atoms. The summed E-state index contributed by atoms with van der Waals surface area (Å²) in [6.45, 7) is 6.50. The van der Waals surface area contributed by atoms with E-state index in [0.29, 0.717) is 6.47 Å². The second kappa shape index (κ2) is 4.31. The van der Waals surface area contributed by atoms with E-state index in [1.165, 1.54) is 0 Å². The molecule has 0 bridgehead atoms. The minimum atomic E-state index is -0.266. The second-order valence-corrected chi connectivity index (χ2v) is 3.08. The van der Waals surface area contributed by atoms with Gasteiger partial charge in [0.1, 0.15) is 5.60 Å². The van der Waals surface area contributed by atoms with Gasteiger partial charge >= 0.3 is 0 Å². The summed E-state index contributed by atoms with van der Waals surface area (Å²) < 4.78 is 4.85. The van der Waals surface area contributed by atoms with Crippen molar-refractivity contribution in [1.29, 1.82) is 0 Å². The first kappa shape index (κ1) is 9.47. The van der Waals surface area contributed by atoms with Crippen molar-refractivity contribution in [2.45, 2.75) is 45.6 Å². The molecular formula is C8H16O2. The van der Waals surface area contributed by atoms with Gasteiger partial charge in [-0.1, -0.05) is 13.3 Å². The van der Waals surface area contributed by atoms with E-state index < -0.39 is 0 Å². The molecule has 0 aliphatic carbocycles. The molecule has 0 aromatic rings. The van der Waals surface area contributed by atoms with Gasteiger partial charge in [0.25, 0.3) is 6.47 Å². The minimum Gasteiger partial charge on any atom is -0.462 e. The number of ether oxygens (including phenoxy) is 1. The summed E-state index contributed by atoms with van der Waals surface area (Å²) in [5, 5.41) is 0. The van der Waals surface area contributed by atoms with Crippen molar-refractivity contribution in [3.8, 4) is 0 Å². The maximum absolute atomic E-state index is 9.96. The normalized spacial score (nSPS) is 11.1. The van der Waals surface area contributed by atoms with Crippen molar-refractivity contribution in [2.75, 3.05) is 0 Å². The van der Waals surface area contributed by atoms with Crippen LogP contribution in [0, 0.1) is 0 Å². The molecule has 0 fully saturated rings. The summed E-state index contributed by atoms with van der Waals surface area (Å²) in [4.78, 5) is 9.96. The molecule has 0 unspecified atom stereocenters. The van der Waals surface area contributed by atoms with Crippen LogP contribution in [0.2, 0.25) is 0 Å². The van der Waals surface area contributed by atoms with Gasteiger partial charge in [-0.2, -0.15) is 0 Å². The summed E-state index contributed by atoms with van der Waals surface area (Å²) in [6, 6.07) is 0. The molecule has 0 saturated heterocycles. The largest absolute Gasteiger partial charge is 0.462 e. The zero-order valence-corrected chi connectivity index (χ0v) is 7.02. The molecule has 0 aliphatic heterocycles. The second-order valence-electron chi connectivity index (χ2n) is 3.08. The number of carbonyl (C=O) groups is 1. The van der Waals surface area contributed by atoms with Crippen LogP contribution in [0.3, 0.4) is 0 Å². The molecule has 0 atom stereocenters. The topological polar surface area (TPSA) is 26.3 Å². The molecule has 0 spiro atoms. The number of hydrogen-bond donors (Lipinski definition) is 0. The average molecular weight is 144 g/mol. The van der Waals surface area contributed by atoms with Crippen molar-refractivity contribution in [2.24, 2.45) is 0 Å². The van der Waals surface area contributed by atoms with Gasteiger partial charge in [0.05, 0.1) is 0 Å². The van der Waals surface area contributed by atoms with Gasteiger partial charge in [-0.15, -0.1) is 0 Å². The smallest absolute Gasteiger partial charge is 0.293 e. The van der Waals surface area contributed by atoms with E-state index in [4.69, 9.17) is 4.74 Å². The van der Waals surface area contributed by atoms with Crippen LogP contribution in [0.25, 0.3) is 0 Å². The highest BCUT2D eigenvalue weighted by atomic mass is 16.5. The zero-order chi connectivity index (χ0) is 8.04. The molecule has 0 aromatic carbocycles. The molecule has 0 heterocycles. The van der Waals surface area contributed by atoms with Crippen molar-refractivity contribution in [1.82, 2.24) is 0 Å². The lowest BCUT2D eigenvalue weighted by Gasteiger charge is -2.21. The summed E-state index contributed by atoms with van der Waals surface area (Å²) >= 11 is 0. The molecule has 0 aromatic heterocycles. The third kappa shape index (κ3) is 4.36. The highest BCUT2D eigenvalue weighted by Crippen LogP contribution is 2.15. The van der Waals surface area contributed by atoms with E-state index in [1.54, 1.807) is 0 Å². The molecule has 2 heteroatoms. The van der Waals surface area contributed by atoms with Crippen LogP contribution in [0.15, 0.2) is 0 Å². The van der Waals surface area contributed by atoms with Crippen molar-refractivity contribution < 1.29 is 9.53 Å². The fraction of sp³-hybridized carbons (Fsp3) is 0.875. The molecular weight excluding hydrogens is 128 g/mol. The molecule has 0 rings (SSSR count). The lowest BCUT2D eigenvalue weighted by molar-refractivity contribution is -0.140. The standard InChI is InChI=1S/C8H16O2/c1-4-5-6-8(2,3)10-7-9/h7H,4-6H2,1-3H3. The third-order valence-electron chi connectivity index (χ3n) is 1.50. The van der Waals surface area contributed by atoms with Gasteiger partial charge in [-0.25, -0.2) is 0 Å². The Morgan fingerprint density at radius 1 is 1.50 bits per heavy atom. The zero-order valence-electron chi connectivity index (χ0n) is 7.02. The van der Waals surface area contributed by atoms with Crippen molar-refractivity contribution in [3.63, 3.8) is 0 Å².